The summed E-state index contributed by atoms with van der Waals surface area (Å²) in [5.41, 5.74) is 1.10. The van der Waals surface area contributed by atoms with Crippen LogP contribution in [0.15, 0.2) is 24.3 Å². The number of piperidine rings is 1. The van der Waals surface area contributed by atoms with Crippen LogP contribution < -0.4 is 4.90 Å². The zero-order valence-electron chi connectivity index (χ0n) is 13.5. The maximum atomic E-state index is 12.6. The summed E-state index contributed by atoms with van der Waals surface area (Å²) in [6, 6.07) is 8.76. The number of thiazole rings is 1. The summed E-state index contributed by atoms with van der Waals surface area (Å²) in [7, 11) is 0. The van der Waals surface area contributed by atoms with Crippen LogP contribution in [-0.4, -0.2) is 42.0 Å². The zero-order valence-corrected chi connectivity index (χ0v) is 14.3. The van der Waals surface area contributed by atoms with Gasteiger partial charge in [-0.05, 0) is 37.8 Å². The summed E-state index contributed by atoms with van der Waals surface area (Å²) in [5, 5.41) is 1.22. The highest BCUT2D eigenvalue weighted by molar-refractivity contribution is 7.18. The Balaban J connectivity index is 1.53. The first-order chi connectivity index (χ1) is 11.3. The van der Waals surface area contributed by atoms with Gasteiger partial charge in [0.05, 0.1) is 16.8 Å². The number of carbonyl (C=O) groups is 1. The van der Waals surface area contributed by atoms with E-state index in [4.69, 9.17) is 4.98 Å². The van der Waals surface area contributed by atoms with Gasteiger partial charge in [0.1, 0.15) is 6.04 Å². The van der Waals surface area contributed by atoms with Crippen LogP contribution in [0.4, 0.5) is 0 Å². The molecule has 4 rings (SSSR count). The Morgan fingerprint density at radius 1 is 1.22 bits per heavy atom. The molecule has 5 heteroatoms. The smallest absolute Gasteiger partial charge is 0.277 e. The predicted molar refractivity (Wildman–Crippen MR) is 92.7 cm³/mol. The molecule has 0 bridgehead atoms. The molecule has 2 aromatic rings. The second-order valence-corrected chi connectivity index (χ2v) is 7.80. The maximum absolute atomic E-state index is 12.6. The first-order valence-corrected chi connectivity index (χ1v) is 9.61. The van der Waals surface area contributed by atoms with Crippen LogP contribution in [0.3, 0.4) is 0 Å². The Morgan fingerprint density at radius 3 is 2.87 bits per heavy atom. The van der Waals surface area contributed by atoms with E-state index in [1.54, 1.807) is 0 Å². The number of nitrogens with zero attached hydrogens (tertiary/aromatic N) is 2. The van der Waals surface area contributed by atoms with E-state index in [0.717, 1.165) is 31.6 Å². The van der Waals surface area contributed by atoms with Gasteiger partial charge in [0, 0.05) is 19.5 Å². The lowest BCUT2D eigenvalue weighted by Crippen LogP contribution is -3.14. The molecule has 122 valence electrons. The van der Waals surface area contributed by atoms with Crippen molar-refractivity contribution >= 4 is 27.5 Å². The molecule has 0 radical (unpaired) electrons. The van der Waals surface area contributed by atoms with Crippen LogP contribution in [0.2, 0.25) is 0 Å². The zero-order chi connectivity index (χ0) is 15.6. The van der Waals surface area contributed by atoms with Crippen molar-refractivity contribution in [3.8, 4) is 0 Å². The van der Waals surface area contributed by atoms with Crippen molar-refractivity contribution in [2.45, 2.75) is 38.1 Å². The third kappa shape index (κ3) is 3.12. The lowest BCUT2D eigenvalue weighted by atomic mass is 10.0. The number of nitrogens with one attached hydrogen (secondary N) is 1. The number of amides is 1. The van der Waals surface area contributed by atoms with E-state index in [9.17, 15) is 4.79 Å². The first kappa shape index (κ1) is 15.1. The van der Waals surface area contributed by atoms with Gasteiger partial charge in [-0.15, -0.1) is 11.3 Å². The SMILES string of the molecule is O=C(C[NH+]1CCCC[C@H]1c1nc2ccccc2s1)N1CCCC1. The number of para-hydroxylation sites is 1. The van der Waals surface area contributed by atoms with Crippen LogP contribution in [0, 0.1) is 0 Å². The Labute approximate surface area is 141 Å². The summed E-state index contributed by atoms with van der Waals surface area (Å²) in [5.74, 6) is 0.338. The topological polar surface area (TPSA) is 37.6 Å². The fourth-order valence-corrected chi connectivity index (χ4v) is 5.06. The summed E-state index contributed by atoms with van der Waals surface area (Å²) in [6.07, 6.45) is 5.97. The summed E-state index contributed by atoms with van der Waals surface area (Å²) in [6.45, 7) is 3.65. The van der Waals surface area contributed by atoms with E-state index in [1.165, 1.54) is 40.3 Å². The maximum Gasteiger partial charge on any atom is 0.277 e. The normalized spacial score (nSPS) is 25.1. The number of hydrogen-bond acceptors (Lipinski definition) is 3. The summed E-state index contributed by atoms with van der Waals surface area (Å²) < 4.78 is 1.26. The van der Waals surface area contributed by atoms with E-state index in [2.05, 4.69) is 23.1 Å². The molecule has 1 N–H and O–H groups in total. The van der Waals surface area contributed by atoms with Crippen molar-refractivity contribution in [3.05, 3.63) is 29.3 Å². The number of hydrogen-bond donors (Lipinski definition) is 1. The largest absolute Gasteiger partial charge is 0.338 e. The second kappa shape index (κ2) is 6.57. The van der Waals surface area contributed by atoms with Crippen LogP contribution in [0.5, 0.6) is 0 Å². The highest BCUT2D eigenvalue weighted by atomic mass is 32.1. The molecule has 2 atom stereocenters. The summed E-state index contributed by atoms with van der Waals surface area (Å²) >= 11 is 1.81. The van der Waals surface area contributed by atoms with Gasteiger partial charge >= 0.3 is 0 Å². The molecule has 3 heterocycles. The molecule has 4 nitrogen and oxygen atoms in total. The molecule has 1 amide bonds. The molecule has 2 saturated heterocycles. The van der Waals surface area contributed by atoms with Gasteiger partial charge in [0.15, 0.2) is 11.6 Å². The Kier molecular flexibility index (Phi) is 4.31. The minimum atomic E-state index is 0.338. The average Bonchev–Trinajstić information content (AvgIpc) is 3.25. The van der Waals surface area contributed by atoms with Gasteiger partial charge in [0.2, 0.25) is 0 Å². The van der Waals surface area contributed by atoms with Gasteiger partial charge in [0.25, 0.3) is 5.91 Å². The van der Waals surface area contributed by atoms with Crippen LogP contribution in [-0.2, 0) is 4.79 Å². The van der Waals surface area contributed by atoms with Gasteiger partial charge < -0.3 is 9.80 Å². The highest BCUT2D eigenvalue weighted by Crippen LogP contribution is 2.28. The molecule has 2 aliphatic heterocycles. The van der Waals surface area contributed by atoms with E-state index in [-0.39, 0.29) is 0 Å². The fraction of sp³-hybridized carbons (Fsp3) is 0.556. The molecular weight excluding hydrogens is 306 g/mol. The molecule has 0 aliphatic carbocycles. The number of fused-ring (bicyclic) bond motifs is 1. The highest BCUT2D eigenvalue weighted by Gasteiger charge is 2.33. The van der Waals surface area contributed by atoms with Crippen molar-refractivity contribution < 1.29 is 9.69 Å². The molecule has 1 unspecified atom stereocenters. The number of rotatable bonds is 3. The van der Waals surface area contributed by atoms with Crippen molar-refractivity contribution in [2.75, 3.05) is 26.2 Å². The quantitative estimate of drug-likeness (QED) is 0.935. The first-order valence-electron chi connectivity index (χ1n) is 8.79. The van der Waals surface area contributed by atoms with E-state index in [0.29, 0.717) is 18.5 Å². The lowest BCUT2D eigenvalue weighted by Gasteiger charge is -2.31. The Bertz CT molecular complexity index is 659. The van der Waals surface area contributed by atoms with E-state index in [1.807, 2.05) is 17.4 Å². The minimum absolute atomic E-state index is 0.338. The molecular formula is C18H24N3OS+. The summed E-state index contributed by atoms with van der Waals surface area (Å²) in [4.78, 5) is 20.9. The number of quaternary nitrogens is 1. The third-order valence-corrected chi connectivity index (χ3v) is 6.33. The molecule has 1 aromatic heterocycles. The van der Waals surface area contributed by atoms with Crippen molar-refractivity contribution in [2.24, 2.45) is 0 Å². The lowest BCUT2D eigenvalue weighted by molar-refractivity contribution is -0.929. The molecule has 0 spiro atoms. The van der Waals surface area contributed by atoms with E-state index < -0.39 is 0 Å². The number of likely N-dealkylation sites (tertiary alicyclic amines) is 2. The molecule has 23 heavy (non-hydrogen) atoms. The molecule has 1 aromatic carbocycles. The average molecular weight is 330 g/mol. The second-order valence-electron chi connectivity index (χ2n) is 6.74. The van der Waals surface area contributed by atoms with E-state index >= 15 is 0 Å². The van der Waals surface area contributed by atoms with Gasteiger partial charge in [-0.1, -0.05) is 12.1 Å². The van der Waals surface area contributed by atoms with Crippen molar-refractivity contribution in [1.29, 1.82) is 0 Å². The van der Waals surface area contributed by atoms with Crippen molar-refractivity contribution in [3.63, 3.8) is 0 Å². The van der Waals surface area contributed by atoms with Crippen LogP contribution >= 0.6 is 11.3 Å². The van der Waals surface area contributed by atoms with Crippen molar-refractivity contribution in [1.82, 2.24) is 9.88 Å². The number of aromatic nitrogens is 1. The van der Waals surface area contributed by atoms with Crippen LogP contribution in [0.25, 0.3) is 10.2 Å². The van der Waals surface area contributed by atoms with Crippen LogP contribution in [0.1, 0.15) is 43.2 Å². The third-order valence-electron chi connectivity index (χ3n) is 5.18. The van der Waals surface area contributed by atoms with Gasteiger partial charge in [-0.2, -0.15) is 0 Å². The molecule has 2 aliphatic rings. The number of benzene rings is 1. The Morgan fingerprint density at radius 2 is 2.04 bits per heavy atom. The number of carbonyl (C=O) groups excluding carboxylic acids is 1. The molecule has 2 fully saturated rings. The standard InChI is InChI=1S/C18H23N3OS/c22-17(20-10-5-6-11-20)13-21-12-4-3-8-15(21)18-19-14-7-1-2-9-16(14)23-18/h1-2,7,9,15H,3-6,8,10-13H2/p+1/t15-/m0/s1. The predicted octanol–water partition coefficient (Wildman–Crippen LogP) is 2.03. The van der Waals surface area contributed by atoms with Gasteiger partial charge in [-0.25, -0.2) is 4.98 Å². The fourth-order valence-electron chi connectivity index (χ4n) is 3.90. The monoisotopic (exact) mass is 330 g/mol. The van der Waals surface area contributed by atoms with Gasteiger partial charge in [-0.3, -0.25) is 4.79 Å². The Hall–Kier alpha value is -1.46. The minimum Gasteiger partial charge on any atom is -0.338 e. The molecule has 0 saturated carbocycles.